The van der Waals surface area contributed by atoms with Crippen LogP contribution >= 0.6 is 11.6 Å². The Kier molecular flexibility index (Phi) is 5.58. The summed E-state index contributed by atoms with van der Waals surface area (Å²) in [5, 5.41) is 4.48. The number of carbonyl (C=O) groups excluding carboxylic acids is 1. The molecule has 1 N–H and O–H groups in total. The van der Waals surface area contributed by atoms with E-state index in [1.165, 1.54) is 0 Å². The van der Waals surface area contributed by atoms with Crippen molar-refractivity contribution < 1.29 is 9.53 Å². The van der Waals surface area contributed by atoms with E-state index in [0.29, 0.717) is 16.3 Å². The minimum Gasteiger partial charge on any atom is -0.481 e. The van der Waals surface area contributed by atoms with Gasteiger partial charge in [-0.25, -0.2) is 5.43 Å². The van der Waals surface area contributed by atoms with Crippen LogP contribution in [0.3, 0.4) is 0 Å². The van der Waals surface area contributed by atoms with Gasteiger partial charge >= 0.3 is 0 Å². The molecule has 0 spiro atoms. The second-order valence-corrected chi connectivity index (χ2v) is 4.70. The Morgan fingerprint density at radius 2 is 1.91 bits per heavy atom. The van der Waals surface area contributed by atoms with Crippen LogP contribution in [-0.4, -0.2) is 18.7 Å². The number of hydrogen-bond donors (Lipinski definition) is 1. The van der Waals surface area contributed by atoms with Gasteiger partial charge in [-0.15, -0.1) is 6.42 Å². The normalized spacial score (nSPS) is 10.2. The number of halogens is 1. The summed E-state index contributed by atoms with van der Waals surface area (Å²) in [7, 11) is 0. The average molecular weight is 313 g/mol. The molecule has 0 bridgehead atoms. The van der Waals surface area contributed by atoms with Crippen LogP contribution in [0.15, 0.2) is 53.6 Å². The number of amides is 1. The standard InChI is InChI=1S/C17H13ClN2O2/c1-2-11-22-16-9-3-13(4-10-16)12-19-20-17(21)14-5-7-15(18)8-6-14/h1,3-10,12H,11H2,(H,20,21)/b19-12+. The van der Waals surface area contributed by atoms with E-state index in [1.807, 2.05) is 12.1 Å². The van der Waals surface area contributed by atoms with Gasteiger partial charge in [-0.2, -0.15) is 5.10 Å². The first-order valence-electron chi connectivity index (χ1n) is 6.44. The molecule has 5 heteroatoms. The van der Waals surface area contributed by atoms with Crippen molar-refractivity contribution in [3.63, 3.8) is 0 Å². The highest BCUT2D eigenvalue weighted by Crippen LogP contribution is 2.11. The van der Waals surface area contributed by atoms with E-state index in [1.54, 1.807) is 42.6 Å². The lowest BCUT2D eigenvalue weighted by Gasteiger charge is -2.02. The highest BCUT2D eigenvalue weighted by atomic mass is 35.5. The van der Waals surface area contributed by atoms with Gasteiger partial charge in [0.2, 0.25) is 0 Å². The number of nitrogens with zero attached hydrogens (tertiary/aromatic N) is 1. The van der Waals surface area contributed by atoms with Gasteiger partial charge in [-0.05, 0) is 54.1 Å². The van der Waals surface area contributed by atoms with Gasteiger partial charge in [0.15, 0.2) is 0 Å². The third-order valence-electron chi connectivity index (χ3n) is 2.69. The van der Waals surface area contributed by atoms with E-state index >= 15 is 0 Å². The SMILES string of the molecule is C#CCOc1ccc(/C=N/NC(=O)c2ccc(Cl)cc2)cc1. The average Bonchev–Trinajstić information content (AvgIpc) is 2.54. The van der Waals surface area contributed by atoms with Crippen LogP contribution in [0.5, 0.6) is 5.75 Å². The van der Waals surface area contributed by atoms with Crippen molar-refractivity contribution in [1.82, 2.24) is 5.43 Å². The molecule has 110 valence electrons. The number of benzene rings is 2. The molecular weight excluding hydrogens is 300 g/mol. The highest BCUT2D eigenvalue weighted by molar-refractivity contribution is 6.30. The summed E-state index contributed by atoms with van der Waals surface area (Å²) in [6.45, 7) is 0.227. The first kappa shape index (κ1) is 15.6. The Balaban J connectivity index is 1.90. The molecule has 4 nitrogen and oxygen atoms in total. The first-order chi connectivity index (χ1) is 10.7. The Morgan fingerprint density at radius 1 is 1.23 bits per heavy atom. The molecule has 0 aliphatic rings. The number of rotatable bonds is 5. The van der Waals surface area contributed by atoms with Crippen molar-refractivity contribution in [2.24, 2.45) is 5.10 Å². The molecule has 0 atom stereocenters. The van der Waals surface area contributed by atoms with Gasteiger partial charge in [0.25, 0.3) is 5.91 Å². The molecule has 0 aromatic heterocycles. The van der Waals surface area contributed by atoms with Gasteiger partial charge in [0, 0.05) is 10.6 Å². The predicted octanol–water partition coefficient (Wildman–Crippen LogP) is 3.12. The zero-order valence-corrected chi connectivity index (χ0v) is 12.4. The van der Waals surface area contributed by atoms with E-state index in [-0.39, 0.29) is 12.5 Å². The monoisotopic (exact) mass is 312 g/mol. The van der Waals surface area contributed by atoms with E-state index < -0.39 is 0 Å². The Bertz CT molecular complexity index is 701. The van der Waals surface area contributed by atoms with Crippen LogP contribution < -0.4 is 10.2 Å². The second kappa shape index (κ2) is 7.87. The van der Waals surface area contributed by atoms with Gasteiger partial charge in [0.05, 0.1) is 6.21 Å². The molecule has 1 amide bonds. The minimum absolute atomic E-state index is 0.227. The fraction of sp³-hybridized carbons (Fsp3) is 0.0588. The molecule has 0 saturated carbocycles. The molecule has 0 saturated heterocycles. The number of hydrogen-bond acceptors (Lipinski definition) is 3. The maximum atomic E-state index is 11.8. The largest absolute Gasteiger partial charge is 0.481 e. The van der Waals surface area contributed by atoms with Crippen LogP contribution in [0.2, 0.25) is 5.02 Å². The maximum Gasteiger partial charge on any atom is 0.271 e. The summed E-state index contributed by atoms with van der Waals surface area (Å²) in [5.41, 5.74) is 3.75. The molecule has 0 radical (unpaired) electrons. The van der Waals surface area contributed by atoms with Crippen molar-refractivity contribution >= 4 is 23.7 Å². The van der Waals surface area contributed by atoms with Crippen LogP contribution in [0, 0.1) is 12.3 Å². The Labute approximate surface area is 133 Å². The van der Waals surface area contributed by atoms with Crippen LogP contribution in [-0.2, 0) is 0 Å². The zero-order chi connectivity index (χ0) is 15.8. The van der Waals surface area contributed by atoms with Crippen LogP contribution in [0.1, 0.15) is 15.9 Å². The molecule has 2 aromatic rings. The predicted molar refractivity (Wildman–Crippen MR) is 87.3 cm³/mol. The van der Waals surface area contributed by atoms with Crippen molar-refractivity contribution in [2.45, 2.75) is 0 Å². The van der Waals surface area contributed by atoms with E-state index in [9.17, 15) is 4.79 Å². The lowest BCUT2D eigenvalue weighted by atomic mass is 10.2. The third-order valence-corrected chi connectivity index (χ3v) is 2.94. The van der Waals surface area contributed by atoms with Crippen LogP contribution in [0.4, 0.5) is 0 Å². The molecule has 0 aliphatic heterocycles. The zero-order valence-electron chi connectivity index (χ0n) is 11.6. The lowest BCUT2D eigenvalue weighted by Crippen LogP contribution is -2.17. The Morgan fingerprint density at radius 3 is 2.55 bits per heavy atom. The molecule has 2 rings (SSSR count). The summed E-state index contributed by atoms with van der Waals surface area (Å²) >= 11 is 5.76. The van der Waals surface area contributed by atoms with Gasteiger partial charge in [-0.1, -0.05) is 17.5 Å². The van der Waals surface area contributed by atoms with Crippen molar-refractivity contribution in [1.29, 1.82) is 0 Å². The van der Waals surface area contributed by atoms with E-state index in [0.717, 1.165) is 5.56 Å². The topological polar surface area (TPSA) is 50.7 Å². The smallest absolute Gasteiger partial charge is 0.271 e. The number of terminal acetylenes is 1. The summed E-state index contributed by atoms with van der Waals surface area (Å²) < 4.78 is 5.26. The van der Waals surface area contributed by atoms with Crippen molar-refractivity contribution in [3.05, 3.63) is 64.7 Å². The first-order valence-corrected chi connectivity index (χ1v) is 6.82. The summed E-state index contributed by atoms with van der Waals surface area (Å²) in [4.78, 5) is 11.8. The second-order valence-electron chi connectivity index (χ2n) is 4.27. The fourth-order valence-corrected chi connectivity index (χ4v) is 1.73. The molecular formula is C17H13ClN2O2. The van der Waals surface area contributed by atoms with E-state index in [2.05, 4.69) is 16.4 Å². The molecule has 0 heterocycles. The fourth-order valence-electron chi connectivity index (χ4n) is 1.61. The molecule has 0 fully saturated rings. The van der Waals surface area contributed by atoms with Crippen LogP contribution in [0.25, 0.3) is 0 Å². The minimum atomic E-state index is -0.304. The molecule has 2 aromatic carbocycles. The molecule has 0 aliphatic carbocycles. The summed E-state index contributed by atoms with van der Waals surface area (Å²) in [6, 6.07) is 13.7. The quantitative estimate of drug-likeness (QED) is 0.524. The number of carbonyl (C=O) groups is 1. The van der Waals surface area contributed by atoms with Gasteiger partial charge in [0.1, 0.15) is 12.4 Å². The van der Waals surface area contributed by atoms with Gasteiger partial charge in [-0.3, -0.25) is 4.79 Å². The molecule has 22 heavy (non-hydrogen) atoms. The summed E-state index contributed by atoms with van der Waals surface area (Å²) in [5.74, 6) is 2.77. The number of hydrazone groups is 1. The van der Waals surface area contributed by atoms with Crippen molar-refractivity contribution in [3.8, 4) is 18.1 Å². The lowest BCUT2D eigenvalue weighted by molar-refractivity contribution is 0.0955. The summed E-state index contributed by atoms with van der Waals surface area (Å²) in [6.07, 6.45) is 6.65. The van der Waals surface area contributed by atoms with Gasteiger partial charge < -0.3 is 4.74 Å². The van der Waals surface area contributed by atoms with Crippen molar-refractivity contribution in [2.75, 3.05) is 6.61 Å². The molecule has 0 unspecified atom stereocenters. The third kappa shape index (κ3) is 4.65. The Hall–Kier alpha value is -2.77. The number of ether oxygens (including phenoxy) is 1. The highest BCUT2D eigenvalue weighted by Gasteiger charge is 2.02. The van der Waals surface area contributed by atoms with E-state index in [4.69, 9.17) is 22.8 Å². The number of nitrogens with one attached hydrogen (secondary N) is 1. The maximum absolute atomic E-state index is 11.8.